The number of fused-ring (bicyclic) bond motifs is 1. The van der Waals surface area contributed by atoms with Crippen LogP contribution in [-0.4, -0.2) is 34.3 Å². The molecule has 1 atom stereocenters. The van der Waals surface area contributed by atoms with Crippen molar-refractivity contribution >= 4 is 22.7 Å². The van der Waals surface area contributed by atoms with Gasteiger partial charge in [0.15, 0.2) is 0 Å². The van der Waals surface area contributed by atoms with Crippen LogP contribution in [0.1, 0.15) is 28.0 Å². The summed E-state index contributed by atoms with van der Waals surface area (Å²) in [7, 11) is 0. The molecule has 6 heteroatoms. The van der Waals surface area contributed by atoms with Crippen molar-refractivity contribution in [3.8, 4) is 0 Å². The predicted molar refractivity (Wildman–Crippen MR) is 101 cm³/mol. The fourth-order valence-corrected chi connectivity index (χ4v) is 3.41. The summed E-state index contributed by atoms with van der Waals surface area (Å²) < 4.78 is 13.3. The highest BCUT2D eigenvalue weighted by Crippen LogP contribution is 2.19. The van der Waals surface area contributed by atoms with Gasteiger partial charge in [0.1, 0.15) is 17.6 Å². The van der Waals surface area contributed by atoms with Gasteiger partial charge in [0, 0.05) is 24.0 Å². The van der Waals surface area contributed by atoms with Crippen molar-refractivity contribution in [1.29, 1.82) is 0 Å². The molecule has 3 aromatic rings. The Morgan fingerprint density at radius 1 is 1.22 bits per heavy atom. The molecule has 2 heterocycles. The normalized spacial score (nSPS) is 16.9. The topological polar surface area (TPSA) is 65.2 Å². The van der Waals surface area contributed by atoms with Crippen LogP contribution in [0.3, 0.4) is 0 Å². The van der Waals surface area contributed by atoms with E-state index >= 15 is 0 Å². The summed E-state index contributed by atoms with van der Waals surface area (Å²) in [6.45, 7) is 3.17. The third-order valence-corrected chi connectivity index (χ3v) is 4.92. The van der Waals surface area contributed by atoms with E-state index in [2.05, 4.69) is 10.3 Å². The number of aromatic nitrogens is 1. The molecule has 27 heavy (non-hydrogen) atoms. The van der Waals surface area contributed by atoms with Crippen molar-refractivity contribution in [1.82, 2.24) is 15.2 Å². The summed E-state index contributed by atoms with van der Waals surface area (Å²) in [5.41, 5.74) is 3.24. The van der Waals surface area contributed by atoms with Crippen LogP contribution in [0, 0.1) is 12.7 Å². The van der Waals surface area contributed by atoms with E-state index in [1.54, 1.807) is 17.0 Å². The summed E-state index contributed by atoms with van der Waals surface area (Å²) in [5.74, 6) is -0.792. The highest BCUT2D eigenvalue weighted by Gasteiger charge is 2.33. The number of hydrogen-bond acceptors (Lipinski definition) is 2. The molecule has 138 valence electrons. The smallest absolute Gasteiger partial charge is 0.268 e. The predicted octanol–water partition coefficient (Wildman–Crippen LogP) is 3.15. The molecular weight excluding hydrogens is 345 g/mol. The number of rotatable bonds is 4. The maximum Gasteiger partial charge on any atom is 0.268 e. The summed E-state index contributed by atoms with van der Waals surface area (Å²) in [6, 6.07) is 13.4. The van der Waals surface area contributed by atoms with Crippen LogP contribution < -0.4 is 5.32 Å². The number of halogens is 1. The van der Waals surface area contributed by atoms with Gasteiger partial charge in [-0.1, -0.05) is 29.8 Å². The van der Waals surface area contributed by atoms with Crippen LogP contribution in [0.5, 0.6) is 0 Å². The maximum absolute atomic E-state index is 13.3. The van der Waals surface area contributed by atoms with Crippen LogP contribution in [-0.2, 0) is 11.3 Å². The lowest BCUT2D eigenvalue weighted by Crippen LogP contribution is -2.41. The Bertz CT molecular complexity index is 1010. The average Bonchev–Trinajstić information content (AvgIpc) is 3.21. The minimum absolute atomic E-state index is 0.0777. The van der Waals surface area contributed by atoms with E-state index in [0.717, 1.165) is 5.56 Å². The number of likely N-dealkylation sites (tertiary alicyclic amines) is 1. The first-order valence-electron chi connectivity index (χ1n) is 8.93. The molecule has 0 unspecified atom stereocenters. The van der Waals surface area contributed by atoms with E-state index in [1.165, 1.54) is 17.7 Å². The summed E-state index contributed by atoms with van der Waals surface area (Å²) in [6.07, 6.45) is 0.575. The molecule has 5 nitrogen and oxygen atoms in total. The average molecular weight is 365 g/mol. The molecule has 1 aliphatic rings. The molecule has 4 rings (SSSR count). The fraction of sp³-hybridized carbons (Fsp3) is 0.238. The molecule has 1 fully saturated rings. The molecule has 2 aromatic carbocycles. The first kappa shape index (κ1) is 17.3. The highest BCUT2D eigenvalue weighted by atomic mass is 19.1. The maximum atomic E-state index is 13.3. The molecule has 0 radical (unpaired) electrons. The van der Waals surface area contributed by atoms with Crippen LogP contribution in [0.15, 0.2) is 48.5 Å². The lowest BCUT2D eigenvalue weighted by Gasteiger charge is -2.17. The molecule has 1 aliphatic heterocycles. The van der Waals surface area contributed by atoms with Crippen molar-refractivity contribution in [2.45, 2.75) is 25.9 Å². The van der Waals surface area contributed by atoms with E-state index in [-0.39, 0.29) is 17.6 Å². The monoisotopic (exact) mass is 365 g/mol. The lowest BCUT2D eigenvalue weighted by atomic mass is 10.1. The first-order valence-corrected chi connectivity index (χ1v) is 8.93. The number of carbonyl (C=O) groups excluding carboxylic acids is 2. The largest absolute Gasteiger partial charge is 0.351 e. The molecular formula is C21H20FN3O2. The van der Waals surface area contributed by atoms with Gasteiger partial charge in [-0.3, -0.25) is 9.59 Å². The van der Waals surface area contributed by atoms with Gasteiger partial charge < -0.3 is 15.2 Å². The zero-order valence-corrected chi connectivity index (χ0v) is 15.0. The minimum Gasteiger partial charge on any atom is -0.351 e. The van der Waals surface area contributed by atoms with Crippen molar-refractivity contribution in [2.75, 3.05) is 6.54 Å². The number of carbonyl (C=O) groups is 2. The summed E-state index contributed by atoms with van der Waals surface area (Å²) >= 11 is 0. The zero-order chi connectivity index (χ0) is 19.0. The first-order chi connectivity index (χ1) is 13.0. The van der Waals surface area contributed by atoms with Gasteiger partial charge >= 0.3 is 0 Å². The van der Waals surface area contributed by atoms with E-state index in [0.29, 0.717) is 36.1 Å². The Balaban J connectivity index is 1.42. The Hall–Kier alpha value is -3.15. The van der Waals surface area contributed by atoms with Gasteiger partial charge in [-0.25, -0.2) is 4.39 Å². The quantitative estimate of drug-likeness (QED) is 0.746. The molecule has 2 N–H and O–H groups in total. The van der Waals surface area contributed by atoms with E-state index in [9.17, 15) is 14.0 Å². The second-order valence-electron chi connectivity index (χ2n) is 6.97. The number of nitrogens with zero attached hydrogens (tertiary/aromatic N) is 1. The number of nitrogens with one attached hydrogen (secondary N) is 2. The van der Waals surface area contributed by atoms with Crippen molar-refractivity contribution in [3.63, 3.8) is 0 Å². The lowest BCUT2D eigenvalue weighted by molar-refractivity contribution is -0.129. The van der Waals surface area contributed by atoms with Crippen LogP contribution >= 0.6 is 0 Å². The summed E-state index contributed by atoms with van der Waals surface area (Å²) in [4.78, 5) is 29.8. The van der Waals surface area contributed by atoms with Crippen LogP contribution in [0.25, 0.3) is 10.9 Å². The number of H-pyrrole nitrogens is 1. The molecule has 0 aliphatic carbocycles. The zero-order valence-electron chi connectivity index (χ0n) is 15.0. The minimum atomic E-state index is -0.536. The van der Waals surface area contributed by atoms with E-state index < -0.39 is 6.04 Å². The van der Waals surface area contributed by atoms with Gasteiger partial charge in [-0.15, -0.1) is 0 Å². The molecule has 1 aromatic heterocycles. The molecule has 2 amide bonds. The van der Waals surface area contributed by atoms with Gasteiger partial charge in [-0.2, -0.15) is 0 Å². The van der Waals surface area contributed by atoms with Crippen molar-refractivity contribution < 1.29 is 14.0 Å². The second-order valence-corrected chi connectivity index (χ2v) is 6.97. The van der Waals surface area contributed by atoms with Gasteiger partial charge in [0.05, 0.1) is 0 Å². The number of benzene rings is 2. The SMILES string of the molecule is Cc1ccc(CN2CC[C@@H](NC(=O)c3cc4cc(F)ccc4[nH]3)C2=O)cc1. The molecule has 0 saturated carbocycles. The highest BCUT2D eigenvalue weighted by molar-refractivity contribution is 6.00. The van der Waals surface area contributed by atoms with Crippen LogP contribution in [0.4, 0.5) is 4.39 Å². The Kier molecular flexibility index (Phi) is 4.39. The Labute approximate surface area is 156 Å². The van der Waals surface area contributed by atoms with E-state index in [4.69, 9.17) is 0 Å². The van der Waals surface area contributed by atoms with Crippen molar-refractivity contribution in [3.05, 3.63) is 71.2 Å². The van der Waals surface area contributed by atoms with Crippen LogP contribution in [0.2, 0.25) is 0 Å². The number of aryl methyl sites for hydroxylation is 1. The molecule has 0 bridgehead atoms. The Morgan fingerprint density at radius 2 is 2.00 bits per heavy atom. The van der Waals surface area contributed by atoms with Gasteiger partial charge in [0.2, 0.25) is 5.91 Å². The Morgan fingerprint density at radius 3 is 2.78 bits per heavy atom. The standard InChI is InChI=1S/C21H20FN3O2/c1-13-2-4-14(5-3-13)12-25-9-8-18(21(25)27)24-20(26)19-11-15-10-16(22)6-7-17(15)23-19/h2-7,10-11,18,23H,8-9,12H2,1H3,(H,24,26)/t18-/m1/s1. The number of aromatic amines is 1. The van der Waals surface area contributed by atoms with Gasteiger partial charge in [-0.05, 0) is 43.2 Å². The molecule has 0 spiro atoms. The molecule has 1 saturated heterocycles. The van der Waals surface area contributed by atoms with Gasteiger partial charge in [0.25, 0.3) is 5.91 Å². The third-order valence-electron chi connectivity index (χ3n) is 4.92. The summed E-state index contributed by atoms with van der Waals surface area (Å²) in [5, 5.41) is 3.41. The number of hydrogen-bond donors (Lipinski definition) is 2. The fourth-order valence-electron chi connectivity index (χ4n) is 3.41. The number of amides is 2. The van der Waals surface area contributed by atoms with E-state index in [1.807, 2.05) is 31.2 Å². The van der Waals surface area contributed by atoms with Crippen molar-refractivity contribution in [2.24, 2.45) is 0 Å². The second kappa shape index (κ2) is 6.87. The third kappa shape index (κ3) is 3.56.